The lowest BCUT2D eigenvalue weighted by Crippen LogP contribution is -2.28. The average molecular weight is 331 g/mol. The summed E-state index contributed by atoms with van der Waals surface area (Å²) in [5, 5.41) is 0.665. The van der Waals surface area contributed by atoms with E-state index in [1.165, 1.54) is 17.4 Å². The summed E-state index contributed by atoms with van der Waals surface area (Å²) < 4.78 is 20.3. The van der Waals surface area contributed by atoms with Gasteiger partial charge < -0.3 is 4.42 Å². The zero-order valence-electron chi connectivity index (χ0n) is 9.99. The molecule has 0 aliphatic heterocycles. The number of benzene rings is 1. The molecule has 20 heavy (non-hydrogen) atoms. The highest BCUT2D eigenvalue weighted by Crippen LogP contribution is 2.38. The predicted octanol–water partition coefficient (Wildman–Crippen LogP) is 4.49. The molecule has 0 radical (unpaired) electrons. The van der Waals surface area contributed by atoms with Crippen molar-refractivity contribution >= 4 is 45.5 Å². The molecule has 0 bridgehead atoms. The fourth-order valence-electron chi connectivity index (χ4n) is 2.06. The number of para-hydroxylation sites is 1. The van der Waals surface area contributed by atoms with Gasteiger partial charge in [-0.2, -0.15) is 0 Å². The molecule has 1 atom stereocenters. The standard InChI is InChI=1S/C13H9Cl2FN2OS/c14-10-5-7(13(15)20-10)11(18-17)9-4-6-2-1-3-8(16)12(6)19-9/h1-5,11,18H,17H2. The molecule has 0 saturated carbocycles. The normalized spacial score (nSPS) is 13.0. The Labute approximate surface area is 128 Å². The molecule has 0 aliphatic carbocycles. The summed E-state index contributed by atoms with van der Waals surface area (Å²) in [6, 6.07) is 7.68. The third-order valence-electron chi connectivity index (χ3n) is 2.96. The average Bonchev–Trinajstić information content (AvgIpc) is 2.96. The number of nitrogens with two attached hydrogens (primary N) is 1. The number of hydrazine groups is 1. The Morgan fingerprint density at radius 3 is 2.70 bits per heavy atom. The highest BCUT2D eigenvalue weighted by molar-refractivity contribution is 7.20. The predicted molar refractivity (Wildman–Crippen MR) is 79.7 cm³/mol. The zero-order valence-corrected chi connectivity index (χ0v) is 12.3. The van der Waals surface area contributed by atoms with Gasteiger partial charge in [0.25, 0.3) is 0 Å². The van der Waals surface area contributed by atoms with Crippen molar-refractivity contribution in [3.05, 3.63) is 56.1 Å². The molecule has 1 unspecified atom stereocenters. The Kier molecular flexibility index (Phi) is 3.70. The van der Waals surface area contributed by atoms with Crippen LogP contribution < -0.4 is 11.3 Å². The van der Waals surface area contributed by atoms with Gasteiger partial charge in [0.15, 0.2) is 11.4 Å². The number of thiophene rings is 1. The van der Waals surface area contributed by atoms with E-state index in [9.17, 15) is 4.39 Å². The molecular formula is C13H9Cl2FN2OS. The number of fused-ring (bicyclic) bond motifs is 1. The first-order chi connectivity index (χ1) is 9.60. The molecule has 3 nitrogen and oxygen atoms in total. The minimum atomic E-state index is -0.488. The van der Waals surface area contributed by atoms with Crippen molar-refractivity contribution in [2.75, 3.05) is 0 Å². The maximum Gasteiger partial charge on any atom is 0.169 e. The van der Waals surface area contributed by atoms with Gasteiger partial charge in [0.2, 0.25) is 0 Å². The van der Waals surface area contributed by atoms with E-state index in [1.54, 1.807) is 24.3 Å². The van der Waals surface area contributed by atoms with Gasteiger partial charge in [-0.3, -0.25) is 5.84 Å². The van der Waals surface area contributed by atoms with Crippen molar-refractivity contribution in [3.63, 3.8) is 0 Å². The van der Waals surface area contributed by atoms with E-state index >= 15 is 0 Å². The first-order valence-corrected chi connectivity index (χ1v) is 7.26. The van der Waals surface area contributed by atoms with Crippen LogP contribution in [0.3, 0.4) is 0 Å². The minimum Gasteiger partial charge on any atom is -0.456 e. The van der Waals surface area contributed by atoms with Crippen molar-refractivity contribution < 1.29 is 8.81 Å². The number of halogens is 3. The van der Waals surface area contributed by atoms with Crippen LogP contribution in [0.25, 0.3) is 11.0 Å². The highest BCUT2D eigenvalue weighted by atomic mass is 35.5. The van der Waals surface area contributed by atoms with E-state index in [4.69, 9.17) is 33.5 Å². The van der Waals surface area contributed by atoms with Gasteiger partial charge in [-0.1, -0.05) is 35.3 Å². The monoisotopic (exact) mass is 330 g/mol. The van der Waals surface area contributed by atoms with Crippen LogP contribution in [0.1, 0.15) is 17.4 Å². The van der Waals surface area contributed by atoms with Crippen LogP contribution >= 0.6 is 34.5 Å². The SMILES string of the molecule is NNC(c1cc2cccc(F)c2o1)c1cc(Cl)sc1Cl. The Morgan fingerprint density at radius 1 is 1.30 bits per heavy atom. The minimum absolute atomic E-state index is 0.195. The molecule has 0 amide bonds. The van der Waals surface area contributed by atoms with Gasteiger partial charge in [-0.25, -0.2) is 9.82 Å². The topological polar surface area (TPSA) is 51.2 Å². The molecule has 104 valence electrons. The van der Waals surface area contributed by atoms with E-state index in [1.807, 2.05) is 0 Å². The van der Waals surface area contributed by atoms with Crippen LogP contribution in [0.15, 0.2) is 34.7 Å². The second-order valence-corrected chi connectivity index (χ2v) is 6.47. The second kappa shape index (κ2) is 5.35. The van der Waals surface area contributed by atoms with Gasteiger partial charge in [0, 0.05) is 10.9 Å². The Bertz CT molecular complexity index is 771. The van der Waals surface area contributed by atoms with Gasteiger partial charge in [-0.15, -0.1) is 11.3 Å². The summed E-state index contributed by atoms with van der Waals surface area (Å²) in [5.41, 5.74) is 3.51. The maximum absolute atomic E-state index is 13.7. The van der Waals surface area contributed by atoms with E-state index in [2.05, 4.69) is 5.43 Å². The molecule has 0 fully saturated rings. The summed E-state index contributed by atoms with van der Waals surface area (Å²) in [6.45, 7) is 0. The molecule has 1 aromatic carbocycles. The lowest BCUT2D eigenvalue weighted by Gasteiger charge is -2.12. The summed E-state index contributed by atoms with van der Waals surface area (Å²) in [6.07, 6.45) is 0. The summed E-state index contributed by atoms with van der Waals surface area (Å²) in [5.74, 6) is 5.63. The molecule has 3 aromatic rings. The Morgan fingerprint density at radius 2 is 2.10 bits per heavy atom. The number of hydrogen-bond donors (Lipinski definition) is 2. The van der Waals surface area contributed by atoms with E-state index < -0.39 is 11.9 Å². The molecule has 2 heterocycles. The van der Waals surface area contributed by atoms with Crippen molar-refractivity contribution in [2.24, 2.45) is 5.84 Å². The lowest BCUT2D eigenvalue weighted by atomic mass is 10.1. The molecule has 2 aromatic heterocycles. The zero-order chi connectivity index (χ0) is 14.3. The largest absolute Gasteiger partial charge is 0.456 e. The summed E-state index contributed by atoms with van der Waals surface area (Å²) in [4.78, 5) is 0. The van der Waals surface area contributed by atoms with Gasteiger partial charge in [0.1, 0.15) is 11.8 Å². The molecule has 3 rings (SSSR count). The van der Waals surface area contributed by atoms with Crippen molar-refractivity contribution in [3.8, 4) is 0 Å². The molecule has 0 spiro atoms. The van der Waals surface area contributed by atoms with E-state index in [-0.39, 0.29) is 5.58 Å². The van der Waals surface area contributed by atoms with Gasteiger partial charge in [-0.05, 0) is 18.2 Å². The third kappa shape index (κ3) is 2.32. The molecule has 0 saturated heterocycles. The number of rotatable bonds is 3. The van der Waals surface area contributed by atoms with Crippen LogP contribution in [0.5, 0.6) is 0 Å². The van der Waals surface area contributed by atoms with Crippen LogP contribution in [-0.2, 0) is 0 Å². The first kappa shape index (κ1) is 13.9. The van der Waals surface area contributed by atoms with Crippen LogP contribution in [0, 0.1) is 5.82 Å². The number of hydrogen-bond acceptors (Lipinski definition) is 4. The quantitative estimate of drug-likeness (QED) is 0.549. The molecule has 7 heteroatoms. The molecular weight excluding hydrogens is 322 g/mol. The van der Waals surface area contributed by atoms with Crippen molar-refractivity contribution in [1.29, 1.82) is 0 Å². The van der Waals surface area contributed by atoms with E-state index in [0.29, 0.717) is 25.4 Å². The molecule has 0 aliphatic rings. The molecule has 3 N–H and O–H groups in total. The smallest absolute Gasteiger partial charge is 0.169 e. The summed E-state index contributed by atoms with van der Waals surface area (Å²) in [7, 11) is 0. The fourth-order valence-corrected chi connectivity index (χ4v) is 3.60. The highest BCUT2D eigenvalue weighted by Gasteiger charge is 2.22. The summed E-state index contributed by atoms with van der Waals surface area (Å²) >= 11 is 13.3. The Balaban J connectivity index is 2.12. The first-order valence-electron chi connectivity index (χ1n) is 5.69. The van der Waals surface area contributed by atoms with Crippen molar-refractivity contribution in [1.82, 2.24) is 5.43 Å². The van der Waals surface area contributed by atoms with Crippen LogP contribution in [0.2, 0.25) is 8.67 Å². The maximum atomic E-state index is 13.7. The number of nitrogens with one attached hydrogen (secondary N) is 1. The van der Waals surface area contributed by atoms with Gasteiger partial charge >= 0.3 is 0 Å². The number of furan rings is 1. The third-order valence-corrected chi connectivity index (χ3v) is 4.48. The Hall–Kier alpha value is -1.11. The van der Waals surface area contributed by atoms with Crippen LogP contribution in [0.4, 0.5) is 4.39 Å². The van der Waals surface area contributed by atoms with Crippen molar-refractivity contribution in [2.45, 2.75) is 6.04 Å². The van der Waals surface area contributed by atoms with Gasteiger partial charge in [0.05, 0.1) is 8.67 Å². The fraction of sp³-hybridized carbons (Fsp3) is 0.0769. The van der Waals surface area contributed by atoms with E-state index in [0.717, 1.165) is 0 Å². The lowest BCUT2D eigenvalue weighted by molar-refractivity contribution is 0.465. The van der Waals surface area contributed by atoms with Crippen LogP contribution in [-0.4, -0.2) is 0 Å². The second-order valence-electron chi connectivity index (χ2n) is 4.19.